The van der Waals surface area contributed by atoms with Crippen LogP contribution in [0.3, 0.4) is 0 Å². The Hall–Kier alpha value is -0.640. The maximum atomic E-state index is 6.04. The molecule has 0 bridgehead atoms. The van der Waals surface area contributed by atoms with Crippen molar-refractivity contribution < 1.29 is 4.74 Å². The highest BCUT2D eigenvalue weighted by Gasteiger charge is 2.15. The highest BCUT2D eigenvalue weighted by atomic mass is 127. The number of rotatable bonds is 3. The molecule has 0 aromatic carbocycles. The van der Waals surface area contributed by atoms with Crippen LogP contribution in [0.4, 0.5) is 0 Å². The van der Waals surface area contributed by atoms with Crippen molar-refractivity contribution in [1.29, 1.82) is 0 Å². The maximum Gasteiger partial charge on any atom is 0.216 e. The third-order valence-electron chi connectivity index (χ3n) is 3.22. The van der Waals surface area contributed by atoms with E-state index in [0.29, 0.717) is 12.5 Å². The minimum Gasteiger partial charge on any atom is -0.481 e. The van der Waals surface area contributed by atoms with Crippen molar-refractivity contribution in [2.75, 3.05) is 31.7 Å². The summed E-state index contributed by atoms with van der Waals surface area (Å²) in [6, 6.07) is 0. The fraction of sp³-hybridized carbons (Fsp3) is 0.667. The first-order valence-electron chi connectivity index (χ1n) is 6.32. The topological polar surface area (TPSA) is 68.7 Å². The Morgan fingerprint density at radius 1 is 1.45 bits per heavy atom. The Balaban J connectivity index is 0.00000200. The number of nitrogens with two attached hydrogens (primary N) is 1. The van der Waals surface area contributed by atoms with Crippen LogP contribution in [0.25, 0.3) is 0 Å². The van der Waals surface area contributed by atoms with Crippen molar-refractivity contribution in [2.45, 2.75) is 13.5 Å². The van der Waals surface area contributed by atoms with Crippen LogP contribution < -0.4 is 10.5 Å². The molecule has 1 fully saturated rings. The summed E-state index contributed by atoms with van der Waals surface area (Å²) in [6.45, 7) is 4.42. The van der Waals surface area contributed by atoms with E-state index in [2.05, 4.69) is 15.0 Å². The average molecular weight is 411 g/mol. The summed E-state index contributed by atoms with van der Waals surface area (Å²) in [5.74, 6) is 3.60. The van der Waals surface area contributed by atoms with Gasteiger partial charge in [0.1, 0.15) is 0 Å². The van der Waals surface area contributed by atoms with Gasteiger partial charge in [0.05, 0.1) is 24.9 Å². The number of methoxy groups -OCH3 is 1. The number of guanidine groups is 1. The zero-order valence-electron chi connectivity index (χ0n) is 12.1. The molecule has 6 nitrogen and oxygen atoms in total. The summed E-state index contributed by atoms with van der Waals surface area (Å²) in [6.07, 6.45) is 0. The van der Waals surface area contributed by atoms with E-state index in [4.69, 9.17) is 10.5 Å². The number of aryl methyl sites for hydroxylation is 2. The Labute approximate surface area is 141 Å². The number of aliphatic imine (C=N–C) groups is 1. The van der Waals surface area contributed by atoms with Crippen LogP contribution >= 0.6 is 35.7 Å². The second kappa shape index (κ2) is 7.96. The number of hydrogen-bond acceptors (Lipinski definition) is 4. The van der Waals surface area contributed by atoms with Crippen molar-refractivity contribution >= 4 is 41.7 Å². The number of hydrogen-bond donors (Lipinski definition) is 1. The number of thioether (sulfide) groups is 1. The third-order valence-corrected chi connectivity index (χ3v) is 4.16. The molecule has 1 saturated heterocycles. The molecule has 20 heavy (non-hydrogen) atoms. The fourth-order valence-electron chi connectivity index (χ4n) is 2.17. The Bertz CT molecular complexity index is 471. The van der Waals surface area contributed by atoms with E-state index in [1.165, 1.54) is 0 Å². The summed E-state index contributed by atoms with van der Waals surface area (Å²) in [7, 11) is 3.51. The Kier molecular flexibility index (Phi) is 6.93. The standard InChI is InChI=1S/C12H21N5OS.HI/c1-9-10(11(18-3)16(2)15-9)8-14-12(13)17-4-6-19-7-5-17;/h4-8H2,1-3H3,(H2,13,14);1H. The van der Waals surface area contributed by atoms with Crippen molar-refractivity contribution in [1.82, 2.24) is 14.7 Å². The second-order valence-electron chi connectivity index (χ2n) is 4.47. The lowest BCUT2D eigenvalue weighted by molar-refractivity contribution is 0.369. The minimum absolute atomic E-state index is 0. The molecule has 1 aromatic heterocycles. The molecule has 0 radical (unpaired) electrons. The molecular formula is C12H22IN5OS. The maximum absolute atomic E-state index is 6.04. The van der Waals surface area contributed by atoms with Crippen LogP contribution in [0.2, 0.25) is 0 Å². The Morgan fingerprint density at radius 2 is 2.10 bits per heavy atom. The number of ether oxygens (including phenoxy) is 1. The molecule has 1 aliphatic heterocycles. The highest BCUT2D eigenvalue weighted by molar-refractivity contribution is 14.0. The van der Waals surface area contributed by atoms with Gasteiger partial charge in [-0.15, -0.1) is 24.0 Å². The fourth-order valence-corrected chi connectivity index (χ4v) is 3.07. The summed E-state index contributed by atoms with van der Waals surface area (Å²) in [5.41, 5.74) is 7.98. The SMILES string of the molecule is COc1c(CN=C(N)N2CCSCC2)c(C)nn1C.I. The first-order chi connectivity index (χ1) is 9.13. The van der Waals surface area contributed by atoms with Crippen molar-refractivity contribution in [2.24, 2.45) is 17.8 Å². The van der Waals surface area contributed by atoms with E-state index >= 15 is 0 Å². The predicted molar refractivity (Wildman–Crippen MR) is 94.1 cm³/mol. The van der Waals surface area contributed by atoms with Crippen LogP contribution in [0.5, 0.6) is 5.88 Å². The predicted octanol–water partition coefficient (Wildman–Crippen LogP) is 1.22. The molecule has 1 aliphatic rings. The molecule has 0 atom stereocenters. The van der Waals surface area contributed by atoms with Crippen LogP contribution in [-0.4, -0.2) is 52.3 Å². The van der Waals surface area contributed by atoms with Gasteiger partial charge in [-0.05, 0) is 6.92 Å². The summed E-state index contributed by atoms with van der Waals surface area (Å²) < 4.78 is 7.08. The molecule has 0 saturated carbocycles. The van der Waals surface area contributed by atoms with E-state index in [9.17, 15) is 0 Å². The number of aromatic nitrogens is 2. The molecule has 114 valence electrons. The molecule has 2 heterocycles. The summed E-state index contributed by atoms with van der Waals surface area (Å²) in [5, 5.41) is 4.34. The third kappa shape index (κ3) is 3.94. The van der Waals surface area contributed by atoms with E-state index in [1.807, 2.05) is 25.7 Å². The molecule has 2 rings (SSSR count). The molecule has 2 N–H and O–H groups in total. The summed E-state index contributed by atoms with van der Waals surface area (Å²) >= 11 is 1.96. The normalized spacial score (nSPS) is 15.9. The van der Waals surface area contributed by atoms with Gasteiger partial charge in [0.15, 0.2) is 5.96 Å². The van der Waals surface area contributed by atoms with Gasteiger partial charge in [0.2, 0.25) is 5.88 Å². The van der Waals surface area contributed by atoms with Crippen molar-refractivity contribution in [3.8, 4) is 5.88 Å². The smallest absolute Gasteiger partial charge is 0.216 e. The first-order valence-corrected chi connectivity index (χ1v) is 7.48. The van der Waals surface area contributed by atoms with Gasteiger partial charge in [0, 0.05) is 31.6 Å². The lowest BCUT2D eigenvalue weighted by Crippen LogP contribution is -2.42. The van der Waals surface area contributed by atoms with Gasteiger partial charge in [-0.1, -0.05) is 0 Å². The lowest BCUT2D eigenvalue weighted by Gasteiger charge is -2.27. The van der Waals surface area contributed by atoms with Crippen LogP contribution in [0, 0.1) is 6.92 Å². The van der Waals surface area contributed by atoms with E-state index in [-0.39, 0.29) is 24.0 Å². The van der Waals surface area contributed by atoms with Crippen LogP contribution in [0.1, 0.15) is 11.3 Å². The number of nitrogens with zero attached hydrogens (tertiary/aromatic N) is 4. The van der Waals surface area contributed by atoms with E-state index < -0.39 is 0 Å². The molecule has 0 amide bonds. The first kappa shape index (κ1) is 17.4. The van der Waals surface area contributed by atoms with Gasteiger partial charge >= 0.3 is 0 Å². The zero-order chi connectivity index (χ0) is 13.8. The van der Waals surface area contributed by atoms with Gasteiger partial charge in [-0.2, -0.15) is 16.9 Å². The van der Waals surface area contributed by atoms with E-state index in [1.54, 1.807) is 11.8 Å². The minimum atomic E-state index is 0. The second-order valence-corrected chi connectivity index (χ2v) is 5.70. The van der Waals surface area contributed by atoms with E-state index in [0.717, 1.165) is 41.7 Å². The van der Waals surface area contributed by atoms with Crippen molar-refractivity contribution in [3.05, 3.63) is 11.3 Å². The zero-order valence-corrected chi connectivity index (χ0v) is 15.3. The van der Waals surface area contributed by atoms with Crippen LogP contribution in [-0.2, 0) is 13.6 Å². The van der Waals surface area contributed by atoms with Crippen LogP contribution in [0.15, 0.2) is 4.99 Å². The quantitative estimate of drug-likeness (QED) is 0.460. The van der Waals surface area contributed by atoms with Crippen molar-refractivity contribution in [3.63, 3.8) is 0 Å². The Morgan fingerprint density at radius 3 is 2.70 bits per heavy atom. The van der Waals surface area contributed by atoms with Gasteiger partial charge in [-0.3, -0.25) is 0 Å². The van der Waals surface area contributed by atoms with Gasteiger partial charge in [0.25, 0.3) is 0 Å². The lowest BCUT2D eigenvalue weighted by atomic mass is 10.2. The molecule has 1 aromatic rings. The molecular weight excluding hydrogens is 389 g/mol. The molecule has 0 unspecified atom stereocenters. The largest absolute Gasteiger partial charge is 0.481 e. The average Bonchev–Trinajstić information content (AvgIpc) is 2.70. The number of halogens is 1. The van der Waals surface area contributed by atoms with Gasteiger partial charge in [-0.25, -0.2) is 9.67 Å². The highest BCUT2D eigenvalue weighted by Crippen LogP contribution is 2.21. The molecule has 0 spiro atoms. The monoisotopic (exact) mass is 411 g/mol. The summed E-state index contributed by atoms with van der Waals surface area (Å²) in [4.78, 5) is 6.61. The van der Waals surface area contributed by atoms with Gasteiger partial charge < -0.3 is 15.4 Å². The molecule has 8 heteroatoms. The molecule has 0 aliphatic carbocycles.